The van der Waals surface area contributed by atoms with Crippen molar-refractivity contribution in [3.8, 4) is 0 Å². The van der Waals surface area contributed by atoms with Gasteiger partial charge in [-0.15, -0.1) is 11.8 Å². The molecule has 6 nitrogen and oxygen atoms in total. The molecule has 0 bridgehead atoms. The monoisotopic (exact) mass is 495 g/mol. The fourth-order valence-corrected chi connectivity index (χ4v) is 4.63. The first-order valence-corrected chi connectivity index (χ1v) is 12.4. The molecule has 0 unspecified atom stereocenters. The molecule has 0 spiro atoms. The Kier molecular flexibility index (Phi) is 10.1. The zero-order valence-corrected chi connectivity index (χ0v) is 20.1. The first kappa shape index (κ1) is 24.9. The standard InChI is InChI=1S/C23H27Cl2N3O3S/c24-19-5-4-18(21(25)13-19)15-32-16-23(30)26-14-17-2-1-3-20(12-17)27-22(29)6-7-28-8-10-31-11-9-28/h1-5,12-13H,6-11,14-16H2,(H,26,30)(H,27,29). The fraction of sp³-hybridized carbons (Fsp3) is 0.391. The van der Waals surface area contributed by atoms with Crippen LogP contribution in [-0.2, 0) is 26.6 Å². The van der Waals surface area contributed by atoms with Crippen LogP contribution in [0.15, 0.2) is 42.5 Å². The average Bonchev–Trinajstić information content (AvgIpc) is 2.79. The summed E-state index contributed by atoms with van der Waals surface area (Å²) in [5, 5.41) is 7.05. The van der Waals surface area contributed by atoms with E-state index in [9.17, 15) is 9.59 Å². The smallest absolute Gasteiger partial charge is 0.230 e. The van der Waals surface area contributed by atoms with E-state index in [4.69, 9.17) is 27.9 Å². The quantitative estimate of drug-likeness (QED) is 0.516. The lowest BCUT2D eigenvalue weighted by molar-refractivity contribution is -0.119. The lowest BCUT2D eigenvalue weighted by Crippen LogP contribution is -2.38. The van der Waals surface area contributed by atoms with E-state index in [0.717, 1.165) is 49.7 Å². The number of thioether (sulfide) groups is 1. The summed E-state index contributed by atoms with van der Waals surface area (Å²) in [7, 11) is 0. The highest BCUT2D eigenvalue weighted by atomic mass is 35.5. The molecule has 1 fully saturated rings. The van der Waals surface area contributed by atoms with Crippen molar-refractivity contribution in [2.75, 3.05) is 43.9 Å². The van der Waals surface area contributed by atoms with Gasteiger partial charge in [-0.25, -0.2) is 0 Å². The first-order valence-electron chi connectivity index (χ1n) is 10.5. The highest BCUT2D eigenvalue weighted by Gasteiger charge is 2.12. The van der Waals surface area contributed by atoms with Crippen molar-refractivity contribution in [3.63, 3.8) is 0 Å². The minimum atomic E-state index is -0.0555. The summed E-state index contributed by atoms with van der Waals surface area (Å²) in [5.74, 6) is 0.890. The van der Waals surface area contributed by atoms with E-state index in [2.05, 4.69) is 15.5 Å². The topological polar surface area (TPSA) is 70.7 Å². The summed E-state index contributed by atoms with van der Waals surface area (Å²) in [4.78, 5) is 26.7. The summed E-state index contributed by atoms with van der Waals surface area (Å²) in [6.45, 7) is 4.31. The maximum absolute atomic E-state index is 12.3. The minimum absolute atomic E-state index is 0.0186. The molecule has 0 aliphatic carbocycles. The number of rotatable bonds is 10. The number of ether oxygens (including phenoxy) is 1. The van der Waals surface area contributed by atoms with Gasteiger partial charge in [0.1, 0.15) is 0 Å². The predicted molar refractivity (Wildman–Crippen MR) is 131 cm³/mol. The summed E-state index contributed by atoms with van der Waals surface area (Å²) in [5.41, 5.74) is 2.61. The Balaban J connectivity index is 1.37. The van der Waals surface area contributed by atoms with Crippen LogP contribution >= 0.6 is 35.0 Å². The number of hydrogen-bond donors (Lipinski definition) is 2. The van der Waals surface area contributed by atoms with Crippen molar-refractivity contribution in [1.29, 1.82) is 0 Å². The van der Waals surface area contributed by atoms with Gasteiger partial charge in [0.05, 0.1) is 19.0 Å². The molecule has 32 heavy (non-hydrogen) atoms. The number of benzene rings is 2. The van der Waals surface area contributed by atoms with Crippen molar-refractivity contribution in [2.24, 2.45) is 0 Å². The first-order chi connectivity index (χ1) is 15.5. The lowest BCUT2D eigenvalue weighted by Gasteiger charge is -2.26. The lowest BCUT2D eigenvalue weighted by atomic mass is 10.2. The Hall–Kier alpha value is -1.77. The maximum atomic E-state index is 12.3. The molecule has 1 saturated heterocycles. The van der Waals surface area contributed by atoms with Crippen LogP contribution in [0.4, 0.5) is 5.69 Å². The molecule has 1 aliphatic rings. The molecule has 1 heterocycles. The van der Waals surface area contributed by atoms with Crippen LogP contribution in [0.2, 0.25) is 10.0 Å². The molecule has 9 heteroatoms. The number of carbonyl (C=O) groups is 2. The largest absolute Gasteiger partial charge is 0.379 e. The van der Waals surface area contributed by atoms with Gasteiger partial charge < -0.3 is 15.4 Å². The van der Waals surface area contributed by atoms with Crippen LogP contribution in [0.3, 0.4) is 0 Å². The number of nitrogens with zero attached hydrogens (tertiary/aromatic N) is 1. The highest BCUT2D eigenvalue weighted by Crippen LogP contribution is 2.24. The molecule has 172 valence electrons. The van der Waals surface area contributed by atoms with Crippen molar-refractivity contribution in [2.45, 2.75) is 18.7 Å². The number of morpholine rings is 1. The Morgan fingerprint density at radius 1 is 1.06 bits per heavy atom. The van der Waals surface area contributed by atoms with Crippen LogP contribution < -0.4 is 10.6 Å². The van der Waals surface area contributed by atoms with Gasteiger partial charge in [-0.05, 0) is 35.4 Å². The molecule has 0 saturated carbocycles. The predicted octanol–water partition coefficient (Wildman–Crippen LogP) is 4.20. The molecule has 3 rings (SSSR count). The molecule has 1 aliphatic heterocycles. The third-order valence-electron chi connectivity index (χ3n) is 4.97. The van der Waals surface area contributed by atoms with Gasteiger partial charge in [0.2, 0.25) is 11.8 Å². The highest BCUT2D eigenvalue weighted by molar-refractivity contribution is 7.99. The molecule has 2 aromatic carbocycles. The number of carbonyl (C=O) groups excluding carboxylic acids is 2. The number of halogens is 2. The van der Waals surface area contributed by atoms with E-state index >= 15 is 0 Å². The molecule has 2 aromatic rings. The normalized spacial score (nSPS) is 14.2. The van der Waals surface area contributed by atoms with E-state index < -0.39 is 0 Å². The minimum Gasteiger partial charge on any atom is -0.379 e. The van der Waals surface area contributed by atoms with Crippen molar-refractivity contribution in [1.82, 2.24) is 10.2 Å². The Labute approximate surface area is 203 Å². The summed E-state index contributed by atoms with van der Waals surface area (Å²) in [6.07, 6.45) is 0.440. The fourth-order valence-electron chi connectivity index (χ4n) is 3.21. The molecule has 0 atom stereocenters. The van der Waals surface area contributed by atoms with Gasteiger partial charge in [-0.1, -0.05) is 41.4 Å². The second kappa shape index (κ2) is 13.1. The van der Waals surface area contributed by atoms with Gasteiger partial charge in [0.15, 0.2) is 0 Å². The van der Waals surface area contributed by atoms with E-state index in [1.54, 1.807) is 12.1 Å². The summed E-state index contributed by atoms with van der Waals surface area (Å²) >= 11 is 13.6. The number of anilines is 1. The second-order valence-corrected chi connectivity index (χ2v) is 9.29. The number of amides is 2. The van der Waals surface area contributed by atoms with Gasteiger partial charge in [0.25, 0.3) is 0 Å². The summed E-state index contributed by atoms with van der Waals surface area (Å²) < 4.78 is 5.32. The van der Waals surface area contributed by atoms with E-state index in [0.29, 0.717) is 34.5 Å². The van der Waals surface area contributed by atoms with Crippen molar-refractivity contribution >= 4 is 52.5 Å². The number of hydrogen-bond acceptors (Lipinski definition) is 5. The van der Waals surface area contributed by atoms with Crippen LogP contribution in [0.5, 0.6) is 0 Å². The molecule has 2 amide bonds. The van der Waals surface area contributed by atoms with Crippen molar-refractivity contribution in [3.05, 3.63) is 63.6 Å². The van der Waals surface area contributed by atoms with Gasteiger partial charge in [-0.3, -0.25) is 14.5 Å². The number of nitrogens with one attached hydrogen (secondary N) is 2. The average molecular weight is 496 g/mol. The van der Waals surface area contributed by atoms with Crippen LogP contribution in [-0.4, -0.2) is 55.3 Å². The molecular weight excluding hydrogens is 469 g/mol. The zero-order valence-electron chi connectivity index (χ0n) is 17.7. The van der Waals surface area contributed by atoms with Crippen molar-refractivity contribution < 1.29 is 14.3 Å². The summed E-state index contributed by atoms with van der Waals surface area (Å²) in [6, 6.07) is 12.9. The second-order valence-electron chi connectivity index (χ2n) is 7.46. The molecule has 2 N–H and O–H groups in total. The third-order valence-corrected chi connectivity index (χ3v) is 6.53. The Morgan fingerprint density at radius 2 is 1.88 bits per heavy atom. The SMILES string of the molecule is O=C(CSCc1ccc(Cl)cc1Cl)NCc1cccc(NC(=O)CCN2CCOCC2)c1. The molecule has 0 radical (unpaired) electrons. The Bertz CT molecular complexity index is 923. The van der Waals surface area contributed by atoms with E-state index in [1.165, 1.54) is 11.8 Å². The molecular formula is C23H27Cl2N3O3S. The third kappa shape index (κ3) is 8.64. The van der Waals surface area contributed by atoms with E-state index in [1.807, 2.05) is 30.3 Å². The van der Waals surface area contributed by atoms with Gasteiger partial charge in [0, 0.05) is 54.1 Å². The zero-order chi connectivity index (χ0) is 22.8. The van der Waals surface area contributed by atoms with Crippen LogP contribution in [0, 0.1) is 0 Å². The molecule has 0 aromatic heterocycles. The van der Waals surface area contributed by atoms with Crippen LogP contribution in [0.25, 0.3) is 0 Å². The van der Waals surface area contributed by atoms with E-state index in [-0.39, 0.29) is 11.8 Å². The maximum Gasteiger partial charge on any atom is 0.230 e. The Morgan fingerprint density at radius 3 is 2.66 bits per heavy atom. The van der Waals surface area contributed by atoms with Crippen LogP contribution in [0.1, 0.15) is 17.5 Å². The van der Waals surface area contributed by atoms with Gasteiger partial charge in [-0.2, -0.15) is 0 Å². The van der Waals surface area contributed by atoms with Gasteiger partial charge >= 0.3 is 0 Å².